The van der Waals surface area contributed by atoms with Crippen molar-refractivity contribution in [3.63, 3.8) is 0 Å². The number of amides is 1. The summed E-state index contributed by atoms with van der Waals surface area (Å²) in [6, 6.07) is 6.88. The Kier molecular flexibility index (Phi) is 5.21. The smallest absolute Gasteiger partial charge is 0.328 e. The lowest BCUT2D eigenvalue weighted by molar-refractivity contribution is -0.131. The minimum atomic E-state index is -0.999. The lowest BCUT2D eigenvalue weighted by atomic mass is 10.2. The number of aryl methyl sites for hydroxylation is 1. The maximum atomic E-state index is 11.8. The Morgan fingerprint density at radius 2 is 1.91 bits per heavy atom. The van der Waals surface area contributed by atoms with Crippen LogP contribution in [0, 0.1) is 6.92 Å². The molecule has 1 aromatic carbocycles. The third-order valence-corrected chi connectivity index (χ3v) is 3.51. The Morgan fingerprint density at radius 3 is 2.50 bits per heavy atom. The predicted octanol–water partition coefficient (Wildman–Crippen LogP) is 3.20. The summed E-state index contributed by atoms with van der Waals surface area (Å²) in [5.74, 6) is -1.24. The lowest BCUT2D eigenvalue weighted by Crippen LogP contribution is -2.07. The second-order valence-corrected chi connectivity index (χ2v) is 5.66. The maximum absolute atomic E-state index is 11.8. The van der Waals surface area contributed by atoms with Gasteiger partial charge >= 0.3 is 5.97 Å². The zero-order valence-electron chi connectivity index (χ0n) is 11.8. The van der Waals surface area contributed by atoms with Gasteiger partial charge in [-0.05, 0) is 36.8 Å². The van der Waals surface area contributed by atoms with Gasteiger partial charge in [-0.15, -0.1) is 11.3 Å². The van der Waals surface area contributed by atoms with E-state index >= 15 is 0 Å². The largest absolute Gasteiger partial charge is 0.478 e. The molecular weight excluding hydrogens is 300 g/mol. The van der Waals surface area contributed by atoms with Crippen molar-refractivity contribution >= 4 is 41.1 Å². The molecule has 0 fully saturated rings. The van der Waals surface area contributed by atoms with Crippen LogP contribution in [0.3, 0.4) is 0 Å². The second kappa shape index (κ2) is 7.33. The quantitative estimate of drug-likeness (QED) is 0.831. The van der Waals surface area contributed by atoms with Gasteiger partial charge in [0.25, 0.3) is 0 Å². The van der Waals surface area contributed by atoms with Gasteiger partial charge in [0.1, 0.15) is 0 Å². The van der Waals surface area contributed by atoms with Gasteiger partial charge in [-0.3, -0.25) is 4.79 Å². The van der Waals surface area contributed by atoms with Gasteiger partial charge in [0, 0.05) is 28.9 Å². The van der Waals surface area contributed by atoms with E-state index in [-0.39, 0.29) is 5.91 Å². The van der Waals surface area contributed by atoms with Crippen molar-refractivity contribution in [1.82, 2.24) is 4.98 Å². The van der Waals surface area contributed by atoms with Gasteiger partial charge in [0.05, 0.1) is 5.01 Å². The minimum absolute atomic E-state index is 0.236. The van der Waals surface area contributed by atoms with Gasteiger partial charge in [0.2, 0.25) is 5.91 Å². The zero-order valence-corrected chi connectivity index (χ0v) is 12.6. The third kappa shape index (κ3) is 4.99. The number of carbonyl (C=O) groups excluding carboxylic acids is 1. The number of aromatic nitrogens is 1. The first-order valence-corrected chi connectivity index (χ1v) is 7.27. The molecule has 1 amide bonds. The maximum Gasteiger partial charge on any atom is 0.328 e. The van der Waals surface area contributed by atoms with E-state index in [1.54, 1.807) is 36.5 Å². The van der Waals surface area contributed by atoms with Gasteiger partial charge in [0.15, 0.2) is 0 Å². The van der Waals surface area contributed by atoms with Crippen LogP contribution in [0.5, 0.6) is 0 Å². The van der Waals surface area contributed by atoms with E-state index in [1.165, 1.54) is 23.5 Å². The van der Waals surface area contributed by atoms with E-state index in [9.17, 15) is 9.59 Å². The summed E-state index contributed by atoms with van der Waals surface area (Å²) in [5, 5.41) is 12.2. The molecule has 0 radical (unpaired) electrons. The molecule has 5 nitrogen and oxygen atoms in total. The van der Waals surface area contributed by atoms with Gasteiger partial charge in [-0.25, -0.2) is 9.78 Å². The molecule has 0 saturated carbocycles. The van der Waals surface area contributed by atoms with Crippen molar-refractivity contribution in [3.8, 4) is 0 Å². The monoisotopic (exact) mass is 314 g/mol. The Hall–Kier alpha value is -2.73. The fourth-order valence-electron chi connectivity index (χ4n) is 1.64. The first kappa shape index (κ1) is 15.7. The minimum Gasteiger partial charge on any atom is -0.478 e. The van der Waals surface area contributed by atoms with Crippen molar-refractivity contribution in [2.75, 3.05) is 5.32 Å². The van der Waals surface area contributed by atoms with Crippen LogP contribution >= 0.6 is 11.3 Å². The Labute approximate surface area is 131 Å². The average Bonchev–Trinajstić information content (AvgIpc) is 2.90. The van der Waals surface area contributed by atoms with Crippen LogP contribution in [0.15, 0.2) is 42.6 Å². The average molecular weight is 314 g/mol. The van der Waals surface area contributed by atoms with Crippen LogP contribution < -0.4 is 5.32 Å². The molecule has 6 heteroatoms. The number of thiazole rings is 1. The molecule has 0 aliphatic carbocycles. The summed E-state index contributed by atoms with van der Waals surface area (Å²) in [6.45, 7) is 1.91. The normalized spacial score (nSPS) is 11.1. The number of nitrogens with zero attached hydrogens (tertiary/aromatic N) is 1. The summed E-state index contributed by atoms with van der Waals surface area (Å²) < 4.78 is 0. The summed E-state index contributed by atoms with van der Waals surface area (Å²) in [5.41, 5.74) is 1.39. The molecule has 0 aliphatic rings. The van der Waals surface area contributed by atoms with Crippen molar-refractivity contribution < 1.29 is 14.7 Å². The number of nitrogens with one attached hydrogen (secondary N) is 1. The molecule has 0 saturated heterocycles. The van der Waals surface area contributed by atoms with Gasteiger partial charge in [-0.1, -0.05) is 12.1 Å². The second-order valence-electron chi connectivity index (χ2n) is 4.40. The standard InChI is InChI=1S/C16H14N2O3S/c1-11-17-10-14(22-11)7-8-15(19)18-13-5-2-12(3-6-13)4-9-16(20)21/h2-10H,1H3,(H,18,19)(H,20,21)/b8-7+,9-4+. The zero-order chi connectivity index (χ0) is 15.9. The highest BCUT2D eigenvalue weighted by atomic mass is 32.1. The first-order chi connectivity index (χ1) is 10.5. The number of carbonyl (C=O) groups is 2. The van der Waals surface area contributed by atoms with Gasteiger partial charge < -0.3 is 10.4 Å². The number of benzene rings is 1. The molecule has 0 unspecified atom stereocenters. The highest BCUT2D eigenvalue weighted by Gasteiger charge is 1.99. The van der Waals surface area contributed by atoms with Crippen molar-refractivity contribution in [2.45, 2.75) is 6.92 Å². The summed E-state index contributed by atoms with van der Waals surface area (Å²) in [6.07, 6.45) is 7.43. The van der Waals surface area contributed by atoms with Crippen LogP contribution in [0.2, 0.25) is 0 Å². The number of rotatable bonds is 5. The molecule has 22 heavy (non-hydrogen) atoms. The fraction of sp³-hybridized carbons (Fsp3) is 0.0625. The first-order valence-electron chi connectivity index (χ1n) is 6.45. The number of anilines is 1. The molecule has 0 spiro atoms. The van der Waals surface area contributed by atoms with Crippen LogP contribution in [0.25, 0.3) is 12.2 Å². The summed E-state index contributed by atoms with van der Waals surface area (Å²) in [7, 11) is 0. The van der Waals surface area contributed by atoms with Crippen molar-refractivity contribution in [3.05, 3.63) is 58.1 Å². The fourth-order valence-corrected chi connectivity index (χ4v) is 2.33. The molecule has 1 aromatic heterocycles. The molecule has 2 N–H and O–H groups in total. The number of aliphatic carboxylic acids is 1. The highest BCUT2D eigenvalue weighted by Crippen LogP contribution is 2.14. The van der Waals surface area contributed by atoms with E-state index in [0.717, 1.165) is 21.5 Å². The Morgan fingerprint density at radius 1 is 1.18 bits per heavy atom. The molecule has 1 heterocycles. The lowest BCUT2D eigenvalue weighted by Gasteiger charge is -2.02. The molecule has 0 atom stereocenters. The summed E-state index contributed by atoms with van der Waals surface area (Å²) in [4.78, 5) is 27.2. The van der Waals surface area contributed by atoms with E-state index in [0.29, 0.717) is 5.69 Å². The van der Waals surface area contributed by atoms with Crippen LogP contribution in [-0.4, -0.2) is 22.0 Å². The van der Waals surface area contributed by atoms with Gasteiger partial charge in [-0.2, -0.15) is 0 Å². The molecule has 2 rings (SSSR count). The van der Waals surface area contributed by atoms with Crippen LogP contribution in [0.4, 0.5) is 5.69 Å². The highest BCUT2D eigenvalue weighted by molar-refractivity contribution is 7.12. The molecule has 0 aliphatic heterocycles. The van der Waals surface area contributed by atoms with E-state index in [4.69, 9.17) is 5.11 Å². The number of hydrogen-bond donors (Lipinski definition) is 2. The summed E-state index contributed by atoms with van der Waals surface area (Å²) >= 11 is 1.51. The Balaban J connectivity index is 1.94. The van der Waals surface area contributed by atoms with E-state index in [1.807, 2.05) is 6.92 Å². The molecule has 0 bridgehead atoms. The molecule has 2 aromatic rings. The number of carboxylic acids is 1. The van der Waals surface area contributed by atoms with Crippen molar-refractivity contribution in [2.24, 2.45) is 0 Å². The van der Waals surface area contributed by atoms with Crippen molar-refractivity contribution in [1.29, 1.82) is 0 Å². The number of carboxylic acid groups (broad SMARTS) is 1. The van der Waals surface area contributed by atoms with E-state index < -0.39 is 5.97 Å². The predicted molar refractivity (Wildman–Crippen MR) is 87.6 cm³/mol. The SMILES string of the molecule is Cc1ncc(/C=C/C(=O)Nc2ccc(/C=C/C(=O)O)cc2)s1. The topological polar surface area (TPSA) is 79.3 Å². The van der Waals surface area contributed by atoms with Crippen LogP contribution in [0.1, 0.15) is 15.4 Å². The third-order valence-electron chi connectivity index (χ3n) is 2.63. The van der Waals surface area contributed by atoms with E-state index in [2.05, 4.69) is 10.3 Å². The Bertz CT molecular complexity index is 730. The molecular formula is C16H14N2O3S. The number of hydrogen-bond acceptors (Lipinski definition) is 4. The van der Waals surface area contributed by atoms with Crippen LogP contribution in [-0.2, 0) is 9.59 Å². The molecule has 112 valence electrons.